The molecule has 4 aromatic rings. The van der Waals surface area contributed by atoms with Gasteiger partial charge in [0.05, 0.1) is 5.39 Å². The van der Waals surface area contributed by atoms with Crippen molar-refractivity contribution >= 4 is 44.5 Å². The molecular formula is C22H21N3O3S. The van der Waals surface area contributed by atoms with Crippen molar-refractivity contribution in [2.45, 2.75) is 33.1 Å². The maximum absolute atomic E-state index is 12.6. The average Bonchev–Trinajstić information content (AvgIpc) is 3.32. The van der Waals surface area contributed by atoms with E-state index >= 15 is 0 Å². The van der Waals surface area contributed by atoms with Crippen LogP contribution >= 0.6 is 11.3 Å². The van der Waals surface area contributed by atoms with E-state index in [9.17, 15) is 9.59 Å². The summed E-state index contributed by atoms with van der Waals surface area (Å²) < 4.78 is 7.17. The molecule has 0 fully saturated rings. The first-order chi connectivity index (χ1) is 14.1. The Labute approximate surface area is 171 Å². The van der Waals surface area contributed by atoms with E-state index in [0.717, 1.165) is 41.6 Å². The molecule has 148 valence electrons. The number of rotatable bonds is 6. The molecule has 1 N–H and O–H groups in total. The fraction of sp³-hybridized carbons (Fsp3) is 0.227. The van der Waals surface area contributed by atoms with Crippen LogP contribution in [0.5, 0.6) is 0 Å². The van der Waals surface area contributed by atoms with Crippen LogP contribution in [0.25, 0.3) is 27.3 Å². The van der Waals surface area contributed by atoms with E-state index < -0.39 is 5.91 Å². The first-order valence-electron chi connectivity index (χ1n) is 9.55. The van der Waals surface area contributed by atoms with Gasteiger partial charge in [-0.25, -0.2) is 9.66 Å². The number of carbonyl (C=O) groups is 1. The molecule has 0 spiro atoms. The summed E-state index contributed by atoms with van der Waals surface area (Å²) in [4.78, 5) is 30.2. The number of unbranched alkanes of at least 4 members (excludes halogenated alkanes) is 1. The third-order valence-electron chi connectivity index (χ3n) is 4.76. The Morgan fingerprint density at radius 1 is 1.28 bits per heavy atom. The van der Waals surface area contributed by atoms with Crippen LogP contribution in [0.4, 0.5) is 0 Å². The quantitative estimate of drug-likeness (QED) is 0.473. The number of para-hydroxylation sites is 1. The predicted molar refractivity (Wildman–Crippen MR) is 117 cm³/mol. The maximum atomic E-state index is 12.6. The smallest absolute Gasteiger partial charge is 0.281 e. The maximum Gasteiger partial charge on any atom is 0.281 e. The Balaban J connectivity index is 1.63. The number of thiophene rings is 1. The van der Waals surface area contributed by atoms with E-state index in [2.05, 4.69) is 17.3 Å². The van der Waals surface area contributed by atoms with Crippen LogP contribution in [0.2, 0.25) is 0 Å². The molecular weight excluding hydrogens is 386 g/mol. The molecule has 1 aromatic carbocycles. The number of carbonyl (C=O) groups excluding carboxylic acids is 1. The summed E-state index contributed by atoms with van der Waals surface area (Å²) in [5.41, 5.74) is 4.05. The van der Waals surface area contributed by atoms with E-state index in [4.69, 9.17) is 4.42 Å². The van der Waals surface area contributed by atoms with Gasteiger partial charge in [-0.3, -0.25) is 15.0 Å². The number of hydrogen-bond donors (Lipinski definition) is 1. The number of nitrogens with zero attached hydrogens (tertiary/aromatic N) is 2. The lowest BCUT2D eigenvalue weighted by molar-refractivity contribution is -0.112. The summed E-state index contributed by atoms with van der Waals surface area (Å²) in [5, 5.41) is 3.27. The fourth-order valence-corrected chi connectivity index (χ4v) is 4.08. The predicted octanol–water partition coefficient (Wildman–Crippen LogP) is 4.64. The number of hydrogen-bond acceptors (Lipinski definition) is 5. The van der Waals surface area contributed by atoms with Crippen molar-refractivity contribution in [1.29, 1.82) is 0 Å². The number of fused-ring (bicyclic) bond motifs is 2. The topological polar surface area (TPSA) is 77.1 Å². The molecule has 0 unspecified atom stereocenters. The van der Waals surface area contributed by atoms with Crippen LogP contribution < -0.4 is 11.0 Å². The number of furan rings is 1. The second-order valence-electron chi connectivity index (χ2n) is 6.79. The first kappa shape index (κ1) is 19.1. The summed E-state index contributed by atoms with van der Waals surface area (Å²) in [6, 6.07) is 9.49. The van der Waals surface area contributed by atoms with E-state index in [1.54, 1.807) is 19.1 Å². The SMILES string of the molecule is CCCCc1oc2ccccc2c1/C=C/C(=O)Nn1c(C)nc2sccc2c1=O. The molecule has 0 saturated carbocycles. The lowest BCUT2D eigenvalue weighted by atomic mass is 10.1. The molecule has 6 nitrogen and oxygen atoms in total. The highest BCUT2D eigenvalue weighted by molar-refractivity contribution is 7.16. The molecule has 29 heavy (non-hydrogen) atoms. The van der Waals surface area contributed by atoms with Gasteiger partial charge in [0.1, 0.15) is 22.0 Å². The number of aromatic nitrogens is 2. The van der Waals surface area contributed by atoms with E-state index in [0.29, 0.717) is 16.0 Å². The highest BCUT2D eigenvalue weighted by Gasteiger charge is 2.13. The van der Waals surface area contributed by atoms with Crippen LogP contribution in [0.15, 0.2) is 51.0 Å². The molecule has 0 saturated heterocycles. The Morgan fingerprint density at radius 3 is 2.93 bits per heavy atom. The summed E-state index contributed by atoms with van der Waals surface area (Å²) in [7, 11) is 0. The highest BCUT2D eigenvalue weighted by Crippen LogP contribution is 2.28. The van der Waals surface area contributed by atoms with Crippen molar-refractivity contribution in [3.05, 3.63) is 69.3 Å². The van der Waals surface area contributed by atoms with E-state index in [1.165, 1.54) is 22.1 Å². The van der Waals surface area contributed by atoms with Gasteiger partial charge in [0.15, 0.2) is 0 Å². The van der Waals surface area contributed by atoms with Crippen molar-refractivity contribution in [1.82, 2.24) is 9.66 Å². The molecule has 1 amide bonds. The molecule has 0 aliphatic carbocycles. The van der Waals surface area contributed by atoms with Crippen molar-refractivity contribution in [2.24, 2.45) is 0 Å². The van der Waals surface area contributed by atoms with Gasteiger partial charge in [0.2, 0.25) is 0 Å². The van der Waals surface area contributed by atoms with Crippen molar-refractivity contribution < 1.29 is 9.21 Å². The normalized spacial score (nSPS) is 11.7. The van der Waals surface area contributed by atoms with Crippen LogP contribution in [-0.2, 0) is 11.2 Å². The largest absolute Gasteiger partial charge is 0.460 e. The zero-order valence-electron chi connectivity index (χ0n) is 16.3. The molecule has 7 heteroatoms. The molecule has 0 radical (unpaired) electrons. The zero-order valence-corrected chi connectivity index (χ0v) is 17.1. The molecule has 0 aliphatic heterocycles. The van der Waals surface area contributed by atoms with Gasteiger partial charge in [0, 0.05) is 23.4 Å². The minimum Gasteiger partial charge on any atom is -0.460 e. The van der Waals surface area contributed by atoms with Gasteiger partial charge in [0.25, 0.3) is 11.5 Å². The number of amides is 1. The molecule has 0 bridgehead atoms. The van der Waals surface area contributed by atoms with Gasteiger partial charge in [-0.2, -0.15) is 0 Å². The molecule has 3 aromatic heterocycles. The minimum absolute atomic E-state index is 0.284. The lowest BCUT2D eigenvalue weighted by Crippen LogP contribution is -2.34. The monoisotopic (exact) mass is 407 g/mol. The summed E-state index contributed by atoms with van der Waals surface area (Å²) in [5.74, 6) is 0.897. The summed E-state index contributed by atoms with van der Waals surface area (Å²) >= 11 is 1.40. The zero-order chi connectivity index (χ0) is 20.4. The molecule has 3 heterocycles. The highest BCUT2D eigenvalue weighted by atomic mass is 32.1. The molecule has 0 aliphatic rings. The number of aryl methyl sites for hydroxylation is 2. The van der Waals surface area contributed by atoms with Crippen LogP contribution in [-0.4, -0.2) is 15.6 Å². The van der Waals surface area contributed by atoms with Crippen LogP contribution in [0.3, 0.4) is 0 Å². The van der Waals surface area contributed by atoms with Crippen molar-refractivity contribution in [3.8, 4) is 0 Å². The summed E-state index contributed by atoms with van der Waals surface area (Å²) in [6.45, 7) is 3.82. The second kappa shape index (κ2) is 8.05. The van der Waals surface area contributed by atoms with E-state index in [1.807, 2.05) is 29.6 Å². The standard InChI is InChI=1S/C22H21N3O3S/c1-3-4-8-18-16(15-7-5-6-9-19(15)28-18)10-11-20(26)24-25-14(2)23-21-17(22(25)27)12-13-29-21/h5-7,9-13H,3-4,8H2,1-2H3,(H,24,26)/b11-10+. The lowest BCUT2D eigenvalue weighted by Gasteiger charge is -2.09. The van der Waals surface area contributed by atoms with Gasteiger partial charge < -0.3 is 4.42 Å². The van der Waals surface area contributed by atoms with Crippen LogP contribution in [0.1, 0.15) is 36.9 Å². The third-order valence-corrected chi connectivity index (χ3v) is 5.56. The van der Waals surface area contributed by atoms with Gasteiger partial charge in [-0.1, -0.05) is 31.5 Å². The third kappa shape index (κ3) is 3.73. The van der Waals surface area contributed by atoms with Gasteiger partial charge >= 0.3 is 0 Å². The molecule has 4 rings (SSSR count). The van der Waals surface area contributed by atoms with E-state index in [-0.39, 0.29) is 5.56 Å². The first-order valence-corrected chi connectivity index (χ1v) is 10.4. The Bertz CT molecular complexity index is 1280. The minimum atomic E-state index is -0.404. The summed E-state index contributed by atoms with van der Waals surface area (Å²) in [6.07, 6.45) is 6.05. The van der Waals surface area contributed by atoms with Crippen molar-refractivity contribution in [3.63, 3.8) is 0 Å². The number of nitrogens with one attached hydrogen (secondary N) is 1. The Morgan fingerprint density at radius 2 is 2.10 bits per heavy atom. The Kier molecular flexibility index (Phi) is 5.31. The van der Waals surface area contributed by atoms with Crippen LogP contribution in [0, 0.1) is 6.92 Å². The number of benzene rings is 1. The fourth-order valence-electron chi connectivity index (χ4n) is 3.27. The Hall–Kier alpha value is -3.19. The van der Waals surface area contributed by atoms with Crippen molar-refractivity contribution in [2.75, 3.05) is 5.43 Å². The van der Waals surface area contributed by atoms with Gasteiger partial charge in [-0.15, -0.1) is 11.3 Å². The van der Waals surface area contributed by atoms with Gasteiger partial charge in [-0.05, 0) is 36.9 Å². The average molecular weight is 407 g/mol. The molecule has 0 atom stereocenters. The second-order valence-corrected chi connectivity index (χ2v) is 7.68.